The van der Waals surface area contributed by atoms with E-state index in [0.29, 0.717) is 39.1 Å². The van der Waals surface area contributed by atoms with E-state index in [9.17, 15) is 19.2 Å². The largest absolute Gasteiger partial charge is 0.496 e. The lowest BCUT2D eigenvalue weighted by molar-refractivity contribution is -0.115. The molecule has 2 aromatic heterocycles. The number of hydrogen-bond donors (Lipinski definition) is 3. The van der Waals surface area contributed by atoms with Crippen molar-refractivity contribution in [3.05, 3.63) is 124 Å². The number of para-hydroxylation sites is 1. The van der Waals surface area contributed by atoms with Gasteiger partial charge in [-0.3, -0.25) is 14.4 Å². The Kier molecular flexibility index (Phi) is 11.6. The van der Waals surface area contributed by atoms with Crippen LogP contribution in [0.25, 0.3) is 17.4 Å². The van der Waals surface area contributed by atoms with Crippen LogP contribution in [0.15, 0.2) is 106 Å². The van der Waals surface area contributed by atoms with Gasteiger partial charge in [-0.1, -0.05) is 30.3 Å². The fourth-order valence-corrected chi connectivity index (χ4v) is 7.91. The van der Waals surface area contributed by atoms with Gasteiger partial charge in [0, 0.05) is 27.1 Å². The summed E-state index contributed by atoms with van der Waals surface area (Å²) < 4.78 is 16.5. The SMILES string of the molecule is COC(=O)c1c(NC(=O)[C@H](C)Sc2ccc(NC(=O)/C(=C\c3ccc(-c4ccccc4OC)o3)NC(=O)c3ccccc3)cc2)sc2c1CCCC2. The van der Waals surface area contributed by atoms with Crippen LogP contribution in [0.5, 0.6) is 5.75 Å². The highest BCUT2D eigenvalue weighted by atomic mass is 32.2. The minimum Gasteiger partial charge on any atom is -0.496 e. The Bertz CT molecular complexity index is 2120. The van der Waals surface area contributed by atoms with Crippen molar-refractivity contribution < 1.29 is 33.1 Å². The molecule has 0 saturated carbocycles. The van der Waals surface area contributed by atoms with Crippen LogP contribution >= 0.6 is 23.1 Å². The molecule has 1 aliphatic rings. The van der Waals surface area contributed by atoms with Crippen molar-refractivity contribution in [2.24, 2.45) is 0 Å². The van der Waals surface area contributed by atoms with Crippen LogP contribution in [0.4, 0.5) is 10.7 Å². The zero-order valence-corrected chi connectivity index (χ0v) is 30.5. The van der Waals surface area contributed by atoms with Gasteiger partial charge in [-0.15, -0.1) is 23.1 Å². The summed E-state index contributed by atoms with van der Waals surface area (Å²) in [5.41, 5.74) is 3.02. The van der Waals surface area contributed by atoms with Crippen molar-refractivity contribution in [3.63, 3.8) is 0 Å². The molecule has 5 aromatic rings. The monoisotopic (exact) mass is 735 g/mol. The van der Waals surface area contributed by atoms with Crippen LogP contribution in [0.1, 0.15) is 56.7 Å². The number of aryl methyl sites for hydroxylation is 1. The molecule has 1 atom stereocenters. The summed E-state index contributed by atoms with van der Waals surface area (Å²) in [6, 6.07) is 26.5. The molecule has 0 bridgehead atoms. The molecule has 266 valence electrons. The van der Waals surface area contributed by atoms with Crippen LogP contribution < -0.4 is 20.7 Å². The molecule has 0 fully saturated rings. The number of nitrogens with one attached hydrogen (secondary N) is 3. The molecule has 2 heterocycles. The van der Waals surface area contributed by atoms with E-state index in [0.717, 1.165) is 46.6 Å². The van der Waals surface area contributed by atoms with Crippen molar-refractivity contribution in [1.29, 1.82) is 0 Å². The highest BCUT2D eigenvalue weighted by Crippen LogP contribution is 2.39. The number of methoxy groups -OCH3 is 2. The zero-order chi connectivity index (χ0) is 36.6. The van der Waals surface area contributed by atoms with E-state index in [4.69, 9.17) is 13.9 Å². The number of furan rings is 1. The van der Waals surface area contributed by atoms with Gasteiger partial charge in [-0.25, -0.2) is 4.79 Å². The first-order valence-electron chi connectivity index (χ1n) is 16.7. The predicted octanol–water partition coefficient (Wildman–Crippen LogP) is 8.21. The van der Waals surface area contributed by atoms with E-state index in [1.165, 1.54) is 36.3 Å². The Hall–Kier alpha value is -5.59. The molecule has 1 aliphatic carbocycles. The molecule has 0 saturated heterocycles. The maximum absolute atomic E-state index is 13.6. The molecule has 3 aromatic carbocycles. The maximum atomic E-state index is 13.6. The van der Waals surface area contributed by atoms with Crippen LogP contribution in [-0.2, 0) is 27.2 Å². The van der Waals surface area contributed by atoms with Gasteiger partial charge < -0.3 is 29.8 Å². The minimum absolute atomic E-state index is 0.0277. The number of thioether (sulfide) groups is 1. The molecule has 3 amide bonds. The number of fused-ring (bicyclic) bond motifs is 1. The number of amides is 3. The first-order valence-corrected chi connectivity index (χ1v) is 18.4. The quantitative estimate of drug-likeness (QED) is 0.0663. The fourth-order valence-electron chi connectivity index (χ4n) is 5.77. The van der Waals surface area contributed by atoms with Crippen molar-refractivity contribution in [2.45, 2.75) is 42.8 Å². The van der Waals surface area contributed by atoms with E-state index in [2.05, 4.69) is 16.0 Å². The first-order chi connectivity index (χ1) is 25.2. The Morgan fingerprint density at radius 2 is 1.60 bits per heavy atom. The van der Waals surface area contributed by atoms with Crippen LogP contribution in [-0.4, -0.2) is 43.2 Å². The lowest BCUT2D eigenvalue weighted by Crippen LogP contribution is -2.30. The third-order valence-electron chi connectivity index (χ3n) is 8.41. The highest BCUT2D eigenvalue weighted by Gasteiger charge is 2.28. The summed E-state index contributed by atoms with van der Waals surface area (Å²) in [5.74, 6) is -0.180. The number of hydrogen-bond acceptors (Lipinski definition) is 9. The Labute approximate surface area is 309 Å². The van der Waals surface area contributed by atoms with Crippen molar-refractivity contribution in [1.82, 2.24) is 5.32 Å². The van der Waals surface area contributed by atoms with E-state index in [-0.39, 0.29) is 11.6 Å². The van der Waals surface area contributed by atoms with Crippen LogP contribution in [0, 0.1) is 0 Å². The van der Waals surface area contributed by atoms with Crippen molar-refractivity contribution in [3.8, 4) is 17.1 Å². The average molecular weight is 736 g/mol. The molecule has 0 aliphatic heterocycles. The number of carbonyl (C=O) groups is 4. The summed E-state index contributed by atoms with van der Waals surface area (Å²) in [6.07, 6.45) is 5.20. The first kappa shape index (κ1) is 36.2. The number of benzene rings is 3. The number of rotatable bonds is 12. The van der Waals surface area contributed by atoms with Crippen molar-refractivity contribution >= 4 is 63.6 Å². The predicted molar refractivity (Wildman–Crippen MR) is 204 cm³/mol. The van der Waals surface area contributed by atoms with Gasteiger partial charge in [0.25, 0.3) is 11.8 Å². The van der Waals surface area contributed by atoms with E-state index in [1.54, 1.807) is 80.8 Å². The molecule has 3 N–H and O–H groups in total. The lowest BCUT2D eigenvalue weighted by Gasteiger charge is -2.14. The molecule has 6 rings (SSSR count). The van der Waals surface area contributed by atoms with E-state index in [1.807, 2.05) is 24.3 Å². The smallest absolute Gasteiger partial charge is 0.341 e. The fraction of sp³-hybridized carbons (Fsp3) is 0.200. The normalized spacial score (nSPS) is 13.0. The Morgan fingerprint density at radius 1 is 0.865 bits per heavy atom. The molecule has 0 unspecified atom stereocenters. The number of esters is 1. The minimum atomic E-state index is -0.562. The second kappa shape index (κ2) is 16.6. The number of thiophene rings is 1. The number of ether oxygens (including phenoxy) is 2. The van der Waals surface area contributed by atoms with Crippen LogP contribution in [0.2, 0.25) is 0 Å². The zero-order valence-electron chi connectivity index (χ0n) is 28.8. The second-order valence-electron chi connectivity index (χ2n) is 11.9. The topological polar surface area (TPSA) is 136 Å². The Balaban J connectivity index is 1.15. The Morgan fingerprint density at radius 3 is 2.35 bits per heavy atom. The van der Waals surface area contributed by atoms with Gasteiger partial charge in [0.2, 0.25) is 5.91 Å². The number of anilines is 2. The summed E-state index contributed by atoms with van der Waals surface area (Å²) in [5, 5.41) is 8.57. The number of carbonyl (C=O) groups excluding carboxylic acids is 4. The van der Waals surface area contributed by atoms with E-state index < -0.39 is 23.0 Å². The molecule has 10 nitrogen and oxygen atoms in total. The van der Waals surface area contributed by atoms with Gasteiger partial charge in [0.1, 0.15) is 28.0 Å². The summed E-state index contributed by atoms with van der Waals surface area (Å²) in [4.78, 5) is 54.5. The average Bonchev–Trinajstić information content (AvgIpc) is 3.79. The molecular formula is C40H37N3O7S2. The lowest BCUT2D eigenvalue weighted by atomic mass is 9.95. The third-order valence-corrected chi connectivity index (χ3v) is 10.7. The van der Waals surface area contributed by atoms with Gasteiger partial charge >= 0.3 is 5.97 Å². The van der Waals surface area contributed by atoms with Gasteiger partial charge in [0.15, 0.2) is 0 Å². The summed E-state index contributed by atoms with van der Waals surface area (Å²) in [6.45, 7) is 1.79. The van der Waals surface area contributed by atoms with Crippen LogP contribution in [0.3, 0.4) is 0 Å². The second-order valence-corrected chi connectivity index (χ2v) is 14.4. The third kappa shape index (κ3) is 8.47. The summed E-state index contributed by atoms with van der Waals surface area (Å²) >= 11 is 2.79. The molecule has 12 heteroatoms. The standard InChI is InChI=1S/C40H37N3O7S2/c1-24(36(44)43-39-35(40(47)49-3)30-14-8-10-16-34(30)52-39)51-28-20-17-26(18-21-28)41-38(46)31(42-37(45)25-11-5-4-6-12-25)23-27-19-22-33(50-27)29-13-7-9-15-32(29)48-2/h4-7,9,11-13,15,17-24H,8,10,14,16H2,1-3H3,(H,41,46)(H,42,45)(H,43,44)/b31-23+/t24-/m0/s1. The maximum Gasteiger partial charge on any atom is 0.341 e. The summed E-state index contributed by atoms with van der Waals surface area (Å²) in [7, 11) is 2.93. The molecule has 52 heavy (non-hydrogen) atoms. The van der Waals surface area contributed by atoms with E-state index >= 15 is 0 Å². The molecular weight excluding hydrogens is 699 g/mol. The molecule has 0 spiro atoms. The molecule has 0 radical (unpaired) electrons. The van der Waals surface area contributed by atoms with Crippen molar-refractivity contribution in [2.75, 3.05) is 24.9 Å². The van der Waals surface area contributed by atoms with Gasteiger partial charge in [-0.2, -0.15) is 0 Å². The van der Waals surface area contributed by atoms with Gasteiger partial charge in [-0.05, 0) is 98.8 Å². The highest BCUT2D eigenvalue weighted by molar-refractivity contribution is 8.00. The van der Waals surface area contributed by atoms with Gasteiger partial charge in [0.05, 0.1) is 30.6 Å².